The molecule has 1 aromatic carbocycles. The van der Waals surface area contributed by atoms with Crippen LogP contribution in [0.15, 0.2) is 24.3 Å². The van der Waals surface area contributed by atoms with E-state index < -0.39 is 0 Å². The molecule has 0 aliphatic rings. The molecule has 1 atom stereocenters. The monoisotopic (exact) mass is 207 g/mol. The molecule has 1 N–H and O–H groups in total. The van der Waals surface area contributed by atoms with E-state index in [2.05, 4.69) is 43.4 Å². The largest absolute Gasteiger partial charge is 0.375 e. The van der Waals surface area contributed by atoms with E-state index in [1.165, 1.54) is 11.1 Å². The minimum Gasteiger partial charge on any atom is -0.375 e. The fourth-order valence-electron chi connectivity index (χ4n) is 1.62. The molecule has 0 spiro atoms. The summed E-state index contributed by atoms with van der Waals surface area (Å²) in [5.41, 5.74) is 2.53. The van der Waals surface area contributed by atoms with Gasteiger partial charge in [0, 0.05) is 13.7 Å². The minimum atomic E-state index is 0.163. The van der Waals surface area contributed by atoms with Crippen LogP contribution in [0.4, 0.5) is 0 Å². The molecule has 0 saturated heterocycles. The van der Waals surface area contributed by atoms with Gasteiger partial charge in [0.25, 0.3) is 0 Å². The smallest absolute Gasteiger partial charge is 0.0945 e. The Labute approximate surface area is 92.6 Å². The summed E-state index contributed by atoms with van der Waals surface area (Å²) in [4.78, 5) is 0. The van der Waals surface area contributed by atoms with Crippen molar-refractivity contribution < 1.29 is 4.74 Å². The van der Waals surface area contributed by atoms with E-state index in [1.54, 1.807) is 7.11 Å². The number of methoxy groups -OCH3 is 1. The van der Waals surface area contributed by atoms with Gasteiger partial charge in [-0.1, -0.05) is 36.8 Å². The van der Waals surface area contributed by atoms with Gasteiger partial charge in [0.05, 0.1) is 6.10 Å². The maximum absolute atomic E-state index is 5.48. The lowest BCUT2D eigenvalue weighted by Crippen LogP contribution is -2.23. The van der Waals surface area contributed by atoms with Crippen LogP contribution in [0, 0.1) is 6.92 Å². The van der Waals surface area contributed by atoms with Crippen LogP contribution in [-0.2, 0) is 4.74 Å². The first-order valence-electron chi connectivity index (χ1n) is 5.58. The summed E-state index contributed by atoms with van der Waals surface area (Å²) in [6.45, 7) is 6.20. The summed E-state index contributed by atoms with van der Waals surface area (Å²) in [6.07, 6.45) is 1.32. The molecule has 0 heterocycles. The van der Waals surface area contributed by atoms with Gasteiger partial charge in [-0.3, -0.25) is 0 Å². The summed E-state index contributed by atoms with van der Waals surface area (Å²) in [5.74, 6) is 0. The van der Waals surface area contributed by atoms with Crippen LogP contribution >= 0.6 is 0 Å². The molecule has 0 aromatic heterocycles. The molecule has 84 valence electrons. The van der Waals surface area contributed by atoms with Gasteiger partial charge in [-0.05, 0) is 25.5 Å². The lowest BCUT2D eigenvalue weighted by molar-refractivity contribution is 0.102. The van der Waals surface area contributed by atoms with Crippen LogP contribution in [0.3, 0.4) is 0 Å². The maximum atomic E-state index is 5.48. The van der Waals surface area contributed by atoms with Crippen molar-refractivity contribution in [1.82, 2.24) is 5.32 Å². The van der Waals surface area contributed by atoms with Gasteiger partial charge in [0.2, 0.25) is 0 Å². The highest BCUT2D eigenvalue weighted by Gasteiger charge is 2.09. The third kappa shape index (κ3) is 4.02. The van der Waals surface area contributed by atoms with Gasteiger partial charge < -0.3 is 10.1 Å². The lowest BCUT2D eigenvalue weighted by Gasteiger charge is -2.16. The van der Waals surface area contributed by atoms with E-state index in [0.29, 0.717) is 0 Å². The first kappa shape index (κ1) is 12.2. The van der Waals surface area contributed by atoms with Gasteiger partial charge in [0.15, 0.2) is 0 Å². The minimum absolute atomic E-state index is 0.163. The molecule has 0 fully saturated rings. The van der Waals surface area contributed by atoms with Gasteiger partial charge >= 0.3 is 0 Å². The third-order valence-corrected chi connectivity index (χ3v) is 2.45. The Morgan fingerprint density at radius 3 is 2.80 bits per heavy atom. The number of nitrogens with one attached hydrogen (secondary N) is 1. The van der Waals surface area contributed by atoms with E-state index >= 15 is 0 Å². The Kier molecular flexibility index (Phi) is 5.37. The number of ether oxygens (including phenoxy) is 1. The Hall–Kier alpha value is -0.860. The van der Waals surface area contributed by atoms with E-state index in [1.807, 2.05) is 0 Å². The van der Waals surface area contributed by atoms with Crippen molar-refractivity contribution in [3.63, 3.8) is 0 Å². The first-order valence-corrected chi connectivity index (χ1v) is 5.58. The maximum Gasteiger partial charge on any atom is 0.0945 e. The molecule has 1 rings (SSSR count). The normalized spacial score (nSPS) is 12.7. The molecule has 0 radical (unpaired) electrons. The summed E-state index contributed by atoms with van der Waals surface area (Å²) >= 11 is 0. The molecule has 1 unspecified atom stereocenters. The SMILES string of the molecule is CCCNCC(OC)c1cccc(C)c1. The van der Waals surface area contributed by atoms with Crippen molar-refractivity contribution in [1.29, 1.82) is 0 Å². The van der Waals surface area contributed by atoms with E-state index in [0.717, 1.165) is 19.5 Å². The molecule has 2 heteroatoms. The van der Waals surface area contributed by atoms with Crippen molar-refractivity contribution in [3.05, 3.63) is 35.4 Å². The van der Waals surface area contributed by atoms with Crippen molar-refractivity contribution in [2.24, 2.45) is 0 Å². The van der Waals surface area contributed by atoms with E-state index in [4.69, 9.17) is 4.74 Å². The Morgan fingerprint density at radius 1 is 1.40 bits per heavy atom. The van der Waals surface area contributed by atoms with Crippen LogP contribution in [-0.4, -0.2) is 20.2 Å². The molecule has 0 aliphatic heterocycles. The summed E-state index contributed by atoms with van der Waals surface area (Å²) in [7, 11) is 1.76. The number of hydrogen-bond acceptors (Lipinski definition) is 2. The van der Waals surface area contributed by atoms with Crippen molar-refractivity contribution in [2.75, 3.05) is 20.2 Å². The third-order valence-electron chi connectivity index (χ3n) is 2.45. The van der Waals surface area contributed by atoms with E-state index in [-0.39, 0.29) is 6.10 Å². The highest BCUT2D eigenvalue weighted by atomic mass is 16.5. The molecule has 1 aromatic rings. The molecule has 0 bridgehead atoms. The standard InChI is InChI=1S/C13H21NO/c1-4-8-14-10-13(15-3)12-7-5-6-11(2)9-12/h5-7,9,13-14H,4,8,10H2,1-3H3. The second-order valence-corrected chi connectivity index (χ2v) is 3.84. The van der Waals surface area contributed by atoms with Crippen LogP contribution in [0.5, 0.6) is 0 Å². The van der Waals surface area contributed by atoms with Crippen LogP contribution in [0.25, 0.3) is 0 Å². The molecule has 15 heavy (non-hydrogen) atoms. The summed E-state index contributed by atoms with van der Waals surface area (Å²) in [5, 5.41) is 3.38. The van der Waals surface area contributed by atoms with Crippen molar-refractivity contribution in [2.45, 2.75) is 26.4 Å². The number of aryl methyl sites for hydroxylation is 1. The fourth-order valence-corrected chi connectivity index (χ4v) is 1.62. The zero-order valence-corrected chi connectivity index (χ0v) is 9.92. The van der Waals surface area contributed by atoms with Crippen LogP contribution in [0.2, 0.25) is 0 Å². The quantitative estimate of drug-likeness (QED) is 0.724. The highest BCUT2D eigenvalue weighted by molar-refractivity contribution is 5.24. The number of benzene rings is 1. The molecular formula is C13H21NO. The molecule has 0 saturated carbocycles. The zero-order chi connectivity index (χ0) is 11.1. The second-order valence-electron chi connectivity index (χ2n) is 3.84. The van der Waals surface area contributed by atoms with E-state index in [9.17, 15) is 0 Å². The summed E-state index contributed by atoms with van der Waals surface area (Å²) < 4.78 is 5.48. The molecule has 0 aliphatic carbocycles. The fraction of sp³-hybridized carbons (Fsp3) is 0.538. The van der Waals surface area contributed by atoms with Crippen LogP contribution < -0.4 is 5.32 Å². The van der Waals surface area contributed by atoms with Gasteiger partial charge in [0.1, 0.15) is 0 Å². The average Bonchev–Trinajstić information content (AvgIpc) is 2.24. The van der Waals surface area contributed by atoms with Gasteiger partial charge in [-0.15, -0.1) is 0 Å². The highest BCUT2D eigenvalue weighted by Crippen LogP contribution is 2.16. The van der Waals surface area contributed by atoms with Crippen molar-refractivity contribution >= 4 is 0 Å². The lowest BCUT2D eigenvalue weighted by atomic mass is 10.1. The van der Waals surface area contributed by atoms with Crippen molar-refractivity contribution in [3.8, 4) is 0 Å². The van der Waals surface area contributed by atoms with Crippen LogP contribution in [0.1, 0.15) is 30.6 Å². The second kappa shape index (κ2) is 6.59. The Morgan fingerprint density at radius 2 is 2.20 bits per heavy atom. The zero-order valence-electron chi connectivity index (χ0n) is 9.92. The summed E-state index contributed by atoms with van der Waals surface area (Å²) in [6, 6.07) is 8.49. The van der Waals surface area contributed by atoms with Gasteiger partial charge in [-0.25, -0.2) is 0 Å². The Balaban J connectivity index is 2.57. The molecular weight excluding hydrogens is 186 g/mol. The molecule has 0 amide bonds. The predicted molar refractivity (Wildman–Crippen MR) is 64.1 cm³/mol. The number of rotatable bonds is 6. The predicted octanol–water partition coefficient (Wildman–Crippen LogP) is 2.68. The number of hydrogen-bond donors (Lipinski definition) is 1. The Bertz CT molecular complexity index is 286. The van der Waals surface area contributed by atoms with Gasteiger partial charge in [-0.2, -0.15) is 0 Å². The average molecular weight is 207 g/mol. The molecule has 2 nitrogen and oxygen atoms in total. The first-order chi connectivity index (χ1) is 7.27. The topological polar surface area (TPSA) is 21.3 Å².